The summed E-state index contributed by atoms with van der Waals surface area (Å²) in [4.78, 5) is 11.9. The molecule has 2 rings (SSSR count). The molecule has 0 atom stereocenters. The topological polar surface area (TPSA) is 41.1 Å². The van der Waals surface area contributed by atoms with Crippen molar-refractivity contribution < 1.29 is 4.79 Å². The second-order valence-corrected chi connectivity index (χ2v) is 5.51. The van der Waals surface area contributed by atoms with E-state index in [0.717, 1.165) is 24.9 Å². The monoisotopic (exact) mass is 276 g/mol. The summed E-state index contributed by atoms with van der Waals surface area (Å²) < 4.78 is 2.69. The van der Waals surface area contributed by atoms with Gasteiger partial charge in [0.25, 0.3) is 0 Å². The van der Waals surface area contributed by atoms with Gasteiger partial charge in [-0.2, -0.15) is 0 Å². The van der Waals surface area contributed by atoms with Crippen LogP contribution in [0, 0.1) is 6.92 Å². The fourth-order valence-corrected chi connectivity index (χ4v) is 3.02. The first-order chi connectivity index (χ1) is 9.17. The van der Waals surface area contributed by atoms with E-state index < -0.39 is 0 Å². The van der Waals surface area contributed by atoms with Gasteiger partial charge in [0, 0.05) is 5.69 Å². The minimum absolute atomic E-state index is 0.181. The van der Waals surface area contributed by atoms with E-state index in [2.05, 4.69) is 36.5 Å². The predicted molar refractivity (Wildman–Crippen MR) is 82.5 cm³/mol. The molecule has 0 fully saturated rings. The molecule has 0 saturated carbocycles. The van der Waals surface area contributed by atoms with Gasteiger partial charge in [0.05, 0.1) is 0 Å². The third-order valence-corrected chi connectivity index (χ3v) is 4.03. The molecule has 19 heavy (non-hydrogen) atoms. The van der Waals surface area contributed by atoms with Gasteiger partial charge in [-0.3, -0.25) is 4.72 Å². The van der Waals surface area contributed by atoms with Crippen LogP contribution in [-0.2, 0) is 19.3 Å². The third-order valence-electron chi connectivity index (χ3n) is 3.56. The van der Waals surface area contributed by atoms with Crippen LogP contribution in [0.3, 0.4) is 0 Å². The molecule has 0 radical (unpaired) electrons. The van der Waals surface area contributed by atoms with E-state index in [4.69, 9.17) is 0 Å². The lowest BCUT2D eigenvalue weighted by atomic mass is 9.96. The molecule has 3 nitrogen and oxygen atoms in total. The molecule has 0 aliphatic heterocycles. The number of amides is 2. The predicted octanol–water partition coefficient (Wildman–Crippen LogP) is 3.96. The Labute approximate surface area is 119 Å². The number of aryl methyl sites for hydroxylation is 2. The van der Waals surface area contributed by atoms with Gasteiger partial charge in [0.15, 0.2) is 0 Å². The van der Waals surface area contributed by atoms with Crippen LogP contribution < -0.4 is 10.0 Å². The van der Waals surface area contributed by atoms with Crippen molar-refractivity contribution in [1.29, 1.82) is 0 Å². The molecule has 102 valence electrons. The summed E-state index contributed by atoms with van der Waals surface area (Å²) in [5, 5.41) is 4.62. The van der Waals surface area contributed by atoms with Crippen molar-refractivity contribution in [3.05, 3.63) is 40.3 Å². The quantitative estimate of drug-likeness (QED) is 0.817. The van der Waals surface area contributed by atoms with Crippen LogP contribution in [0.5, 0.6) is 0 Å². The van der Waals surface area contributed by atoms with Crippen LogP contribution >= 0.6 is 11.9 Å². The lowest BCUT2D eigenvalue weighted by Crippen LogP contribution is -2.24. The zero-order chi connectivity index (χ0) is 13.8. The van der Waals surface area contributed by atoms with Crippen LogP contribution in [0.1, 0.15) is 35.6 Å². The molecule has 0 aromatic heterocycles. The summed E-state index contributed by atoms with van der Waals surface area (Å²) in [6, 6.07) is 2.10. The van der Waals surface area contributed by atoms with Gasteiger partial charge in [-0.15, -0.1) is 0 Å². The first-order valence-electron chi connectivity index (χ1n) is 6.65. The maximum atomic E-state index is 11.9. The summed E-state index contributed by atoms with van der Waals surface area (Å²) in [7, 11) is 0. The van der Waals surface area contributed by atoms with Gasteiger partial charge in [0.1, 0.15) is 0 Å². The normalized spacial score (nSPS) is 12.9. The molecule has 0 spiro atoms. The molecule has 0 heterocycles. The number of urea groups is 1. The summed E-state index contributed by atoms with van der Waals surface area (Å²) >= 11 is 1.19. The van der Waals surface area contributed by atoms with Gasteiger partial charge in [-0.1, -0.05) is 19.6 Å². The Bertz CT molecular complexity index is 508. The van der Waals surface area contributed by atoms with E-state index in [0.29, 0.717) is 0 Å². The van der Waals surface area contributed by atoms with Crippen molar-refractivity contribution in [2.24, 2.45) is 0 Å². The number of nitrogens with one attached hydrogen (secondary N) is 2. The van der Waals surface area contributed by atoms with Gasteiger partial charge in [-0.05, 0) is 72.2 Å². The number of hydrogen-bond acceptors (Lipinski definition) is 2. The largest absolute Gasteiger partial charge is 0.329 e. The fraction of sp³-hybridized carbons (Fsp3) is 0.400. The Morgan fingerprint density at radius 1 is 1.53 bits per heavy atom. The van der Waals surface area contributed by atoms with E-state index in [-0.39, 0.29) is 6.03 Å². The summed E-state index contributed by atoms with van der Waals surface area (Å²) in [6.45, 7) is 7.82. The van der Waals surface area contributed by atoms with E-state index >= 15 is 0 Å². The number of fused-ring (bicyclic) bond motifs is 1. The second kappa shape index (κ2) is 6.15. The van der Waals surface area contributed by atoms with Crippen molar-refractivity contribution in [3.63, 3.8) is 0 Å². The van der Waals surface area contributed by atoms with Gasteiger partial charge >= 0.3 is 6.03 Å². The molecular formula is C15H20N2OS. The summed E-state index contributed by atoms with van der Waals surface area (Å²) in [5.74, 6) is 0. The zero-order valence-electron chi connectivity index (χ0n) is 11.5. The highest BCUT2D eigenvalue weighted by atomic mass is 32.2. The van der Waals surface area contributed by atoms with E-state index in [1.165, 1.54) is 40.6 Å². The highest BCUT2D eigenvalue weighted by molar-refractivity contribution is 8.00. The Morgan fingerprint density at radius 2 is 2.32 bits per heavy atom. The number of anilines is 1. The number of carbonyl (C=O) groups is 1. The number of carbonyl (C=O) groups excluding carboxylic acids is 1. The van der Waals surface area contributed by atoms with Crippen molar-refractivity contribution in [2.45, 2.75) is 39.5 Å². The Balaban J connectivity index is 2.32. The van der Waals surface area contributed by atoms with Gasteiger partial charge < -0.3 is 5.32 Å². The number of benzene rings is 1. The molecule has 4 heteroatoms. The minimum Gasteiger partial charge on any atom is -0.307 e. The van der Waals surface area contributed by atoms with Crippen LogP contribution in [0.4, 0.5) is 10.5 Å². The zero-order valence-corrected chi connectivity index (χ0v) is 12.3. The molecule has 0 saturated heterocycles. The average molecular weight is 276 g/mol. The first-order valence-corrected chi connectivity index (χ1v) is 7.53. The molecule has 1 aromatic carbocycles. The summed E-state index contributed by atoms with van der Waals surface area (Å²) in [5.41, 5.74) is 6.26. The maximum Gasteiger partial charge on any atom is 0.329 e. The van der Waals surface area contributed by atoms with Crippen LogP contribution in [0.15, 0.2) is 18.1 Å². The molecule has 1 aromatic rings. The van der Waals surface area contributed by atoms with E-state index in [1.54, 1.807) is 5.41 Å². The summed E-state index contributed by atoms with van der Waals surface area (Å²) in [6.07, 6.45) is 4.30. The molecular weight excluding hydrogens is 256 g/mol. The van der Waals surface area contributed by atoms with Gasteiger partial charge in [0.2, 0.25) is 0 Å². The highest BCUT2D eigenvalue weighted by Crippen LogP contribution is 2.34. The van der Waals surface area contributed by atoms with Crippen molar-refractivity contribution in [1.82, 2.24) is 4.72 Å². The molecule has 2 N–H and O–H groups in total. The lowest BCUT2D eigenvalue weighted by Gasteiger charge is -2.17. The minimum atomic E-state index is -0.181. The molecule has 0 unspecified atom stereocenters. The van der Waals surface area contributed by atoms with E-state index in [9.17, 15) is 4.79 Å². The molecule has 2 amide bonds. The Hall–Kier alpha value is -1.42. The second-order valence-electron chi connectivity index (χ2n) is 4.73. The van der Waals surface area contributed by atoms with Crippen molar-refractivity contribution >= 4 is 23.7 Å². The standard InChI is InChI=1S/C15H20N2OS/c1-4-12-10(3)9-11-7-6-8-13(11)14(12)16-15(18)17-19-5-2/h5,9H,2,4,6-8H2,1,3H3,(H2,16,17,18). The van der Waals surface area contributed by atoms with Crippen molar-refractivity contribution in [2.75, 3.05) is 5.32 Å². The van der Waals surface area contributed by atoms with E-state index in [1.807, 2.05) is 0 Å². The van der Waals surface area contributed by atoms with Crippen LogP contribution in [0.25, 0.3) is 0 Å². The third kappa shape index (κ3) is 2.95. The SMILES string of the molecule is C=CSNC(=O)Nc1c(CC)c(C)cc2c1CCC2. The Kier molecular flexibility index (Phi) is 4.53. The first kappa shape index (κ1) is 14.0. The smallest absolute Gasteiger partial charge is 0.307 e. The molecule has 1 aliphatic carbocycles. The maximum absolute atomic E-state index is 11.9. The molecule has 1 aliphatic rings. The number of hydrogen-bond donors (Lipinski definition) is 2. The highest BCUT2D eigenvalue weighted by Gasteiger charge is 2.20. The van der Waals surface area contributed by atoms with Crippen LogP contribution in [-0.4, -0.2) is 6.03 Å². The Morgan fingerprint density at radius 3 is 3.00 bits per heavy atom. The fourth-order valence-electron chi connectivity index (χ4n) is 2.78. The lowest BCUT2D eigenvalue weighted by molar-refractivity contribution is 0.257. The molecule has 0 bridgehead atoms. The van der Waals surface area contributed by atoms with Gasteiger partial charge in [-0.25, -0.2) is 4.79 Å². The average Bonchev–Trinajstić information content (AvgIpc) is 2.84. The van der Waals surface area contributed by atoms with Crippen LogP contribution in [0.2, 0.25) is 0 Å². The van der Waals surface area contributed by atoms with Crippen molar-refractivity contribution in [3.8, 4) is 0 Å². The number of rotatable bonds is 4.